The van der Waals surface area contributed by atoms with Gasteiger partial charge in [0.15, 0.2) is 11.4 Å². The van der Waals surface area contributed by atoms with Crippen LogP contribution in [0.1, 0.15) is 35.7 Å². The van der Waals surface area contributed by atoms with Crippen molar-refractivity contribution in [1.82, 2.24) is 9.47 Å². The van der Waals surface area contributed by atoms with E-state index < -0.39 is 0 Å². The van der Waals surface area contributed by atoms with Crippen molar-refractivity contribution < 1.29 is 9.21 Å². The van der Waals surface area contributed by atoms with E-state index in [4.69, 9.17) is 4.42 Å². The Morgan fingerprint density at radius 2 is 1.67 bits per heavy atom. The summed E-state index contributed by atoms with van der Waals surface area (Å²) in [5.41, 5.74) is 4.41. The molecule has 0 unspecified atom stereocenters. The number of Topliss-reactive ketones (excluding diaryl/α,β-unsaturated/α-hetero) is 1. The molecule has 1 fully saturated rings. The number of carbonyl (C=O) groups is 1. The number of unbranched alkanes of at least 4 members (excludes halogenated alkanes) is 1. The largest absolute Gasteiger partial charge is 0.419 e. The molecule has 1 aromatic heterocycles. The highest BCUT2D eigenvalue weighted by Crippen LogP contribution is 2.18. The lowest BCUT2D eigenvalue weighted by atomic mass is 10.1. The van der Waals surface area contributed by atoms with E-state index in [-0.39, 0.29) is 11.5 Å². The van der Waals surface area contributed by atoms with Crippen LogP contribution in [0.4, 0.5) is 5.69 Å². The van der Waals surface area contributed by atoms with Gasteiger partial charge in [0, 0.05) is 44.0 Å². The lowest BCUT2D eigenvalue weighted by molar-refractivity contribution is 0.101. The predicted octanol–water partition coefficient (Wildman–Crippen LogP) is 3.71. The van der Waals surface area contributed by atoms with Crippen molar-refractivity contribution in [2.75, 3.05) is 37.6 Å². The SMILES string of the molecule is CC(=O)c1ccc2c(c1)oc(=O)n2CCCCN1CCN(c2ccc(C)cc2)CC1. The van der Waals surface area contributed by atoms with Crippen molar-refractivity contribution in [3.63, 3.8) is 0 Å². The molecule has 30 heavy (non-hydrogen) atoms. The second-order valence-corrected chi connectivity index (χ2v) is 8.13. The Labute approximate surface area is 176 Å². The fourth-order valence-electron chi connectivity index (χ4n) is 4.09. The maximum absolute atomic E-state index is 12.2. The normalized spacial score (nSPS) is 15.1. The van der Waals surface area contributed by atoms with Gasteiger partial charge in [-0.3, -0.25) is 14.3 Å². The Morgan fingerprint density at radius 1 is 0.967 bits per heavy atom. The Hall–Kier alpha value is -2.86. The third kappa shape index (κ3) is 4.49. The summed E-state index contributed by atoms with van der Waals surface area (Å²) < 4.78 is 7.01. The number of rotatable bonds is 7. The van der Waals surface area contributed by atoms with Crippen molar-refractivity contribution in [2.24, 2.45) is 0 Å². The topological polar surface area (TPSA) is 58.7 Å². The number of piperazine rings is 1. The molecule has 6 nitrogen and oxygen atoms in total. The van der Waals surface area contributed by atoms with Crippen LogP contribution in [0.25, 0.3) is 11.1 Å². The Morgan fingerprint density at radius 3 is 2.37 bits per heavy atom. The highest BCUT2D eigenvalue weighted by atomic mass is 16.4. The first-order valence-electron chi connectivity index (χ1n) is 10.7. The summed E-state index contributed by atoms with van der Waals surface area (Å²) in [4.78, 5) is 28.7. The molecule has 1 aliphatic rings. The van der Waals surface area contributed by atoms with Gasteiger partial charge in [-0.15, -0.1) is 0 Å². The fraction of sp³-hybridized carbons (Fsp3) is 0.417. The molecule has 2 aromatic carbocycles. The molecule has 1 aliphatic heterocycles. The van der Waals surface area contributed by atoms with Gasteiger partial charge in [0.25, 0.3) is 0 Å². The summed E-state index contributed by atoms with van der Waals surface area (Å²) in [6.07, 6.45) is 1.95. The summed E-state index contributed by atoms with van der Waals surface area (Å²) in [6, 6.07) is 14.0. The Balaban J connectivity index is 1.26. The first kappa shape index (κ1) is 20.4. The quantitative estimate of drug-likeness (QED) is 0.441. The van der Waals surface area contributed by atoms with E-state index >= 15 is 0 Å². The van der Waals surface area contributed by atoms with Crippen LogP contribution in [0.3, 0.4) is 0 Å². The van der Waals surface area contributed by atoms with Crippen molar-refractivity contribution in [1.29, 1.82) is 0 Å². The van der Waals surface area contributed by atoms with E-state index in [1.165, 1.54) is 18.2 Å². The van der Waals surface area contributed by atoms with Crippen molar-refractivity contribution >= 4 is 22.6 Å². The molecule has 0 aliphatic carbocycles. The molecule has 0 atom stereocenters. The molecule has 2 heterocycles. The molecule has 0 N–H and O–H groups in total. The molecule has 0 amide bonds. The zero-order valence-corrected chi connectivity index (χ0v) is 17.8. The number of hydrogen-bond donors (Lipinski definition) is 0. The maximum atomic E-state index is 12.2. The first-order chi connectivity index (χ1) is 14.5. The molecule has 0 radical (unpaired) electrons. The monoisotopic (exact) mass is 407 g/mol. The number of hydrogen-bond acceptors (Lipinski definition) is 5. The molecule has 6 heteroatoms. The van der Waals surface area contributed by atoms with Crippen molar-refractivity contribution in [3.05, 3.63) is 64.1 Å². The van der Waals surface area contributed by atoms with Crippen LogP contribution in [0.15, 0.2) is 51.7 Å². The van der Waals surface area contributed by atoms with Gasteiger partial charge in [0.2, 0.25) is 0 Å². The first-order valence-corrected chi connectivity index (χ1v) is 10.7. The molecular weight excluding hydrogens is 378 g/mol. The van der Waals surface area contributed by atoms with Gasteiger partial charge in [0.05, 0.1) is 5.52 Å². The molecule has 0 bridgehead atoms. The van der Waals surface area contributed by atoms with Gasteiger partial charge in [0.1, 0.15) is 0 Å². The number of aromatic nitrogens is 1. The number of ketones is 1. The molecule has 0 spiro atoms. The van der Waals surface area contributed by atoms with Gasteiger partial charge < -0.3 is 9.32 Å². The second kappa shape index (κ2) is 8.88. The molecule has 158 valence electrons. The zero-order chi connectivity index (χ0) is 21.1. The van der Waals surface area contributed by atoms with Gasteiger partial charge in [-0.05, 0) is 63.6 Å². The number of benzene rings is 2. The van der Waals surface area contributed by atoms with Gasteiger partial charge in [-0.25, -0.2) is 4.79 Å². The van der Waals surface area contributed by atoms with Crippen molar-refractivity contribution in [2.45, 2.75) is 33.2 Å². The lowest BCUT2D eigenvalue weighted by Crippen LogP contribution is -2.46. The van der Waals surface area contributed by atoms with Crippen LogP contribution < -0.4 is 10.7 Å². The van der Waals surface area contributed by atoms with E-state index in [9.17, 15) is 9.59 Å². The van der Waals surface area contributed by atoms with Gasteiger partial charge in [-0.1, -0.05) is 17.7 Å². The van der Waals surface area contributed by atoms with Crippen LogP contribution in [0.2, 0.25) is 0 Å². The smallest absolute Gasteiger partial charge is 0.408 e. The van der Waals surface area contributed by atoms with Gasteiger partial charge >= 0.3 is 5.76 Å². The third-order valence-electron chi connectivity index (χ3n) is 5.95. The average Bonchev–Trinajstić information content (AvgIpc) is 3.06. The van der Waals surface area contributed by atoms with E-state index in [1.807, 2.05) is 0 Å². The molecule has 0 saturated carbocycles. The van der Waals surface area contributed by atoms with Crippen LogP contribution in [0, 0.1) is 6.92 Å². The summed E-state index contributed by atoms with van der Waals surface area (Å²) in [7, 11) is 0. The number of anilines is 1. The van der Waals surface area contributed by atoms with Crippen molar-refractivity contribution in [3.8, 4) is 0 Å². The minimum absolute atomic E-state index is 0.0326. The summed E-state index contributed by atoms with van der Waals surface area (Å²) in [6.45, 7) is 9.53. The van der Waals surface area contributed by atoms with Crippen LogP contribution >= 0.6 is 0 Å². The standard InChI is InChI=1S/C24H29N3O3/c1-18-5-8-21(9-6-18)26-15-13-25(14-16-26)11-3-4-12-27-22-10-7-20(19(2)28)17-23(22)30-24(27)29/h5-10,17H,3-4,11-16H2,1-2H3. The van der Waals surface area contributed by atoms with Crippen LogP contribution in [-0.4, -0.2) is 48.0 Å². The Kier molecular flexibility index (Phi) is 6.04. The number of carbonyl (C=O) groups excluding carboxylic acids is 1. The maximum Gasteiger partial charge on any atom is 0.419 e. The summed E-state index contributed by atoms with van der Waals surface area (Å²) in [5, 5.41) is 0. The number of aryl methyl sites for hydroxylation is 2. The molecule has 1 saturated heterocycles. The second-order valence-electron chi connectivity index (χ2n) is 8.13. The van der Waals surface area contributed by atoms with Crippen LogP contribution in [0.5, 0.6) is 0 Å². The minimum Gasteiger partial charge on any atom is -0.408 e. The van der Waals surface area contributed by atoms with E-state index in [0.29, 0.717) is 17.7 Å². The van der Waals surface area contributed by atoms with E-state index in [1.54, 1.807) is 22.8 Å². The summed E-state index contributed by atoms with van der Waals surface area (Å²) >= 11 is 0. The number of oxazole rings is 1. The predicted molar refractivity (Wildman–Crippen MR) is 120 cm³/mol. The molecular formula is C24H29N3O3. The Bertz CT molecular complexity index is 1070. The lowest BCUT2D eigenvalue weighted by Gasteiger charge is -2.36. The highest BCUT2D eigenvalue weighted by molar-refractivity contribution is 5.96. The molecule has 3 aromatic rings. The van der Waals surface area contributed by atoms with E-state index in [0.717, 1.165) is 51.1 Å². The third-order valence-corrected chi connectivity index (χ3v) is 5.95. The number of fused-ring (bicyclic) bond motifs is 1. The van der Waals surface area contributed by atoms with Crippen LogP contribution in [-0.2, 0) is 6.54 Å². The zero-order valence-electron chi connectivity index (χ0n) is 17.8. The van der Waals surface area contributed by atoms with Gasteiger partial charge in [-0.2, -0.15) is 0 Å². The van der Waals surface area contributed by atoms with E-state index in [2.05, 4.69) is 41.0 Å². The average molecular weight is 408 g/mol. The number of nitrogens with zero attached hydrogens (tertiary/aromatic N) is 3. The highest BCUT2D eigenvalue weighted by Gasteiger charge is 2.17. The fourth-order valence-corrected chi connectivity index (χ4v) is 4.09. The molecule has 4 rings (SSSR count). The minimum atomic E-state index is -0.350. The summed E-state index contributed by atoms with van der Waals surface area (Å²) in [5.74, 6) is -0.382.